The fourth-order valence-corrected chi connectivity index (χ4v) is 1.61. The average Bonchev–Trinajstić information content (AvgIpc) is 1.88. The van der Waals surface area contributed by atoms with E-state index in [2.05, 4.69) is 46.6 Å². The number of hydrogen-bond acceptors (Lipinski definition) is 1. The summed E-state index contributed by atoms with van der Waals surface area (Å²) in [6.45, 7) is 11.4. The molecule has 0 aliphatic rings. The average molecular weight is 157 g/mol. The van der Waals surface area contributed by atoms with Gasteiger partial charge >= 0.3 is 0 Å². The van der Waals surface area contributed by atoms with Crippen LogP contribution in [-0.2, 0) is 0 Å². The van der Waals surface area contributed by atoms with Gasteiger partial charge in [-0.25, -0.2) is 0 Å². The lowest BCUT2D eigenvalue weighted by Crippen LogP contribution is -2.39. The van der Waals surface area contributed by atoms with Crippen molar-refractivity contribution in [3.63, 3.8) is 0 Å². The Morgan fingerprint density at radius 1 is 1.09 bits per heavy atom. The van der Waals surface area contributed by atoms with Gasteiger partial charge in [0.2, 0.25) is 0 Å². The van der Waals surface area contributed by atoms with E-state index in [1.807, 2.05) is 0 Å². The van der Waals surface area contributed by atoms with E-state index in [-0.39, 0.29) is 0 Å². The molecule has 0 aliphatic carbocycles. The minimum atomic E-state index is 0.669. The van der Waals surface area contributed by atoms with E-state index in [1.54, 1.807) is 0 Å². The Kier molecular flexibility index (Phi) is 4.74. The Bertz CT molecular complexity index is 97.0. The van der Waals surface area contributed by atoms with Crippen LogP contribution in [0.5, 0.6) is 0 Å². The molecule has 0 saturated heterocycles. The fourth-order valence-electron chi connectivity index (χ4n) is 1.61. The summed E-state index contributed by atoms with van der Waals surface area (Å²) in [5.74, 6) is 0.771. The van der Waals surface area contributed by atoms with Crippen molar-refractivity contribution in [2.75, 3.05) is 7.05 Å². The van der Waals surface area contributed by atoms with Crippen molar-refractivity contribution in [3.8, 4) is 0 Å². The van der Waals surface area contributed by atoms with Gasteiger partial charge in [-0.15, -0.1) is 0 Å². The Labute approximate surface area is 71.8 Å². The summed E-state index contributed by atoms with van der Waals surface area (Å²) in [6.07, 6.45) is 1.26. The van der Waals surface area contributed by atoms with E-state index in [0.717, 1.165) is 12.0 Å². The summed E-state index contributed by atoms with van der Waals surface area (Å²) in [6, 6.07) is 1.41. The minimum absolute atomic E-state index is 0.669. The van der Waals surface area contributed by atoms with Gasteiger partial charge in [0.05, 0.1) is 0 Å². The van der Waals surface area contributed by atoms with E-state index in [0.29, 0.717) is 6.04 Å². The molecule has 0 fully saturated rings. The van der Waals surface area contributed by atoms with Gasteiger partial charge < -0.3 is 4.90 Å². The second kappa shape index (κ2) is 4.76. The predicted molar refractivity (Wildman–Crippen MR) is 51.8 cm³/mol. The molecule has 0 saturated carbocycles. The fraction of sp³-hybridized carbons (Fsp3) is 1.00. The molecule has 68 valence electrons. The van der Waals surface area contributed by atoms with Crippen LogP contribution in [0.15, 0.2) is 0 Å². The molecule has 0 aromatic heterocycles. The van der Waals surface area contributed by atoms with Gasteiger partial charge in [0.15, 0.2) is 0 Å². The molecular weight excluding hydrogens is 134 g/mol. The molecule has 0 rings (SSSR count). The van der Waals surface area contributed by atoms with Crippen LogP contribution in [0.2, 0.25) is 0 Å². The van der Waals surface area contributed by atoms with Crippen molar-refractivity contribution in [3.05, 3.63) is 0 Å². The van der Waals surface area contributed by atoms with Crippen LogP contribution in [0.1, 0.15) is 41.0 Å². The third kappa shape index (κ3) is 3.24. The Hall–Kier alpha value is -0.0400. The molecule has 11 heavy (non-hydrogen) atoms. The normalized spacial score (nSPS) is 15.0. The molecular formula is C10H23N. The first-order valence-corrected chi connectivity index (χ1v) is 4.72. The summed E-state index contributed by atoms with van der Waals surface area (Å²) in [5.41, 5.74) is 0. The lowest BCUT2D eigenvalue weighted by atomic mass is 9.99. The van der Waals surface area contributed by atoms with E-state index < -0.39 is 0 Å². The van der Waals surface area contributed by atoms with E-state index in [1.165, 1.54) is 6.42 Å². The first-order chi connectivity index (χ1) is 5.00. The number of rotatable bonds is 4. The zero-order valence-electron chi connectivity index (χ0n) is 8.89. The molecule has 1 nitrogen and oxygen atoms in total. The zero-order valence-corrected chi connectivity index (χ0v) is 8.89. The van der Waals surface area contributed by atoms with Gasteiger partial charge in [-0.2, -0.15) is 0 Å². The maximum atomic E-state index is 2.46. The van der Waals surface area contributed by atoms with Crippen LogP contribution in [0.4, 0.5) is 0 Å². The Morgan fingerprint density at radius 2 is 1.55 bits per heavy atom. The van der Waals surface area contributed by atoms with Gasteiger partial charge in [-0.05, 0) is 33.2 Å². The lowest BCUT2D eigenvalue weighted by molar-refractivity contribution is 0.149. The third-order valence-corrected chi connectivity index (χ3v) is 2.53. The second-order valence-electron chi connectivity index (χ2n) is 3.98. The van der Waals surface area contributed by atoms with Crippen molar-refractivity contribution in [2.45, 2.75) is 53.1 Å². The van der Waals surface area contributed by atoms with Gasteiger partial charge in [0, 0.05) is 12.1 Å². The highest BCUT2D eigenvalue weighted by Crippen LogP contribution is 2.14. The van der Waals surface area contributed by atoms with Gasteiger partial charge in [0.25, 0.3) is 0 Å². The first-order valence-electron chi connectivity index (χ1n) is 4.72. The topological polar surface area (TPSA) is 3.24 Å². The summed E-state index contributed by atoms with van der Waals surface area (Å²) >= 11 is 0. The predicted octanol–water partition coefficient (Wildman–Crippen LogP) is 2.76. The van der Waals surface area contributed by atoms with Crippen LogP contribution in [0.25, 0.3) is 0 Å². The number of hydrogen-bond donors (Lipinski definition) is 0. The number of nitrogens with zero attached hydrogens (tertiary/aromatic N) is 1. The van der Waals surface area contributed by atoms with E-state index >= 15 is 0 Å². The monoisotopic (exact) mass is 157 g/mol. The standard InChI is InChI=1S/C10H23N/c1-7-10(8(2)3)11(6)9(4)5/h8-10H,7H2,1-6H3. The van der Waals surface area contributed by atoms with Crippen molar-refractivity contribution >= 4 is 0 Å². The van der Waals surface area contributed by atoms with Crippen LogP contribution >= 0.6 is 0 Å². The molecule has 0 aliphatic heterocycles. The first kappa shape index (κ1) is 11.0. The van der Waals surface area contributed by atoms with Crippen molar-refractivity contribution < 1.29 is 0 Å². The van der Waals surface area contributed by atoms with E-state index in [4.69, 9.17) is 0 Å². The quantitative estimate of drug-likeness (QED) is 0.606. The molecule has 1 heteroatoms. The van der Waals surface area contributed by atoms with Crippen LogP contribution < -0.4 is 0 Å². The second-order valence-corrected chi connectivity index (χ2v) is 3.98. The maximum Gasteiger partial charge on any atom is 0.0115 e. The van der Waals surface area contributed by atoms with Crippen molar-refractivity contribution in [1.29, 1.82) is 0 Å². The highest BCUT2D eigenvalue weighted by molar-refractivity contribution is 4.72. The summed E-state index contributed by atoms with van der Waals surface area (Å²) < 4.78 is 0. The Morgan fingerprint density at radius 3 is 1.64 bits per heavy atom. The third-order valence-electron chi connectivity index (χ3n) is 2.53. The smallest absolute Gasteiger partial charge is 0.0115 e. The molecule has 0 aromatic carbocycles. The molecule has 0 radical (unpaired) electrons. The molecule has 0 bridgehead atoms. The summed E-state index contributed by atoms with van der Waals surface area (Å²) in [7, 11) is 2.22. The van der Waals surface area contributed by atoms with Gasteiger partial charge in [-0.1, -0.05) is 20.8 Å². The van der Waals surface area contributed by atoms with Gasteiger partial charge in [0.1, 0.15) is 0 Å². The van der Waals surface area contributed by atoms with Crippen LogP contribution in [0, 0.1) is 5.92 Å². The highest BCUT2D eigenvalue weighted by atomic mass is 15.1. The largest absolute Gasteiger partial charge is 0.301 e. The van der Waals surface area contributed by atoms with E-state index in [9.17, 15) is 0 Å². The molecule has 1 unspecified atom stereocenters. The van der Waals surface area contributed by atoms with Crippen molar-refractivity contribution in [1.82, 2.24) is 4.90 Å². The maximum absolute atomic E-state index is 2.46. The lowest BCUT2D eigenvalue weighted by Gasteiger charge is -2.33. The zero-order chi connectivity index (χ0) is 9.02. The molecule has 0 amide bonds. The minimum Gasteiger partial charge on any atom is -0.301 e. The summed E-state index contributed by atoms with van der Waals surface area (Å²) in [4.78, 5) is 2.46. The highest BCUT2D eigenvalue weighted by Gasteiger charge is 2.17. The Balaban J connectivity index is 4.02. The van der Waals surface area contributed by atoms with Gasteiger partial charge in [-0.3, -0.25) is 0 Å². The van der Waals surface area contributed by atoms with Crippen molar-refractivity contribution in [2.24, 2.45) is 5.92 Å². The molecule has 0 heterocycles. The molecule has 1 atom stereocenters. The SMILES string of the molecule is CCC(C(C)C)N(C)C(C)C. The molecule has 0 spiro atoms. The molecule has 0 N–H and O–H groups in total. The molecule has 0 aromatic rings. The van der Waals surface area contributed by atoms with Crippen LogP contribution in [0.3, 0.4) is 0 Å². The van der Waals surface area contributed by atoms with Crippen LogP contribution in [-0.4, -0.2) is 24.0 Å². The summed E-state index contributed by atoms with van der Waals surface area (Å²) in [5, 5.41) is 0.